The SMILES string of the molecule is C=C1CCCCC1C(OC)OC. The van der Waals surface area contributed by atoms with Gasteiger partial charge in [0, 0.05) is 20.1 Å². The molecular weight excluding hydrogens is 152 g/mol. The van der Waals surface area contributed by atoms with E-state index in [9.17, 15) is 0 Å². The summed E-state index contributed by atoms with van der Waals surface area (Å²) in [5.74, 6) is 0.411. The van der Waals surface area contributed by atoms with Crippen LogP contribution < -0.4 is 0 Å². The Morgan fingerprint density at radius 1 is 1.33 bits per heavy atom. The Hall–Kier alpha value is -0.340. The summed E-state index contributed by atoms with van der Waals surface area (Å²) in [5.41, 5.74) is 1.29. The fourth-order valence-corrected chi connectivity index (χ4v) is 1.86. The fraction of sp³-hybridized carbons (Fsp3) is 0.800. The van der Waals surface area contributed by atoms with Gasteiger partial charge in [-0.1, -0.05) is 18.6 Å². The van der Waals surface area contributed by atoms with Crippen molar-refractivity contribution in [3.05, 3.63) is 12.2 Å². The van der Waals surface area contributed by atoms with E-state index in [0.29, 0.717) is 5.92 Å². The summed E-state index contributed by atoms with van der Waals surface area (Å²) in [6.07, 6.45) is 4.75. The van der Waals surface area contributed by atoms with Crippen LogP contribution in [0.5, 0.6) is 0 Å². The first kappa shape index (κ1) is 9.75. The van der Waals surface area contributed by atoms with Crippen molar-refractivity contribution >= 4 is 0 Å². The summed E-state index contributed by atoms with van der Waals surface area (Å²) in [6, 6.07) is 0. The van der Waals surface area contributed by atoms with E-state index in [1.54, 1.807) is 14.2 Å². The van der Waals surface area contributed by atoms with Gasteiger partial charge in [-0.3, -0.25) is 0 Å². The van der Waals surface area contributed by atoms with Gasteiger partial charge in [-0.2, -0.15) is 0 Å². The van der Waals surface area contributed by atoms with E-state index in [4.69, 9.17) is 9.47 Å². The zero-order valence-corrected chi connectivity index (χ0v) is 8.01. The first-order chi connectivity index (χ1) is 5.79. The molecule has 0 aromatic rings. The van der Waals surface area contributed by atoms with E-state index in [1.165, 1.54) is 18.4 Å². The fourth-order valence-electron chi connectivity index (χ4n) is 1.86. The Bertz CT molecular complexity index is 150. The molecule has 0 aliphatic heterocycles. The molecule has 2 heteroatoms. The van der Waals surface area contributed by atoms with Gasteiger partial charge in [0.1, 0.15) is 0 Å². The van der Waals surface area contributed by atoms with Gasteiger partial charge in [0.15, 0.2) is 6.29 Å². The molecule has 0 aromatic heterocycles. The highest BCUT2D eigenvalue weighted by atomic mass is 16.7. The minimum absolute atomic E-state index is 0.0854. The van der Waals surface area contributed by atoms with Gasteiger partial charge in [-0.15, -0.1) is 0 Å². The molecule has 12 heavy (non-hydrogen) atoms. The molecule has 1 atom stereocenters. The van der Waals surface area contributed by atoms with Crippen molar-refractivity contribution in [2.45, 2.75) is 32.0 Å². The first-order valence-electron chi connectivity index (χ1n) is 4.53. The zero-order chi connectivity index (χ0) is 8.97. The van der Waals surface area contributed by atoms with E-state index < -0.39 is 0 Å². The summed E-state index contributed by atoms with van der Waals surface area (Å²) >= 11 is 0. The van der Waals surface area contributed by atoms with Gasteiger partial charge in [0.2, 0.25) is 0 Å². The van der Waals surface area contributed by atoms with Crippen LogP contribution in [0.3, 0.4) is 0 Å². The lowest BCUT2D eigenvalue weighted by atomic mass is 9.85. The first-order valence-corrected chi connectivity index (χ1v) is 4.53. The van der Waals surface area contributed by atoms with Gasteiger partial charge >= 0.3 is 0 Å². The highest BCUT2D eigenvalue weighted by molar-refractivity contribution is 5.04. The molecule has 70 valence electrons. The molecule has 0 bridgehead atoms. The van der Waals surface area contributed by atoms with Crippen LogP contribution in [0.25, 0.3) is 0 Å². The van der Waals surface area contributed by atoms with Gasteiger partial charge in [0.25, 0.3) is 0 Å². The quantitative estimate of drug-likeness (QED) is 0.478. The zero-order valence-electron chi connectivity index (χ0n) is 8.01. The smallest absolute Gasteiger partial charge is 0.163 e. The molecule has 0 aromatic carbocycles. The second kappa shape index (κ2) is 4.63. The highest BCUT2D eigenvalue weighted by Gasteiger charge is 2.25. The number of rotatable bonds is 3. The Morgan fingerprint density at radius 2 is 2.00 bits per heavy atom. The Labute approximate surface area is 74.6 Å². The highest BCUT2D eigenvalue weighted by Crippen LogP contribution is 2.31. The summed E-state index contributed by atoms with van der Waals surface area (Å²) in [7, 11) is 3.38. The predicted octanol–water partition coefficient (Wildman–Crippen LogP) is 2.35. The maximum Gasteiger partial charge on any atom is 0.163 e. The monoisotopic (exact) mass is 170 g/mol. The molecule has 0 radical (unpaired) electrons. The molecule has 1 saturated carbocycles. The van der Waals surface area contributed by atoms with Crippen LogP contribution in [0.15, 0.2) is 12.2 Å². The van der Waals surface area contributed by atoms with E-state index in [0.717, 1.165) is 12.8 Å². The lowest BCUT2D eigenvalue weighted by Crippen LogP contribution is -2.28. The second-order valence-corrected chi connectivity index (χ2v) is 3.35. The van der Waals surface area contributed by atoms with Crippen molar-refractivity contribution < 1.29 is 9.47 Å². The maximum atomic E-state index is 5.23. The molecule has 1 rings (SSSR count). The minimum atomic E-state index is -0.0854. The van der Waals surface area contributed by atoms with Crippen molar-refractivity contribution in [1.29, 1.82) is 0 Å². The molecule has 1 aliphatic carbocycles. The third-order valence-corrected chi connectivity index (χ3v) is 2.58. The topological polar surface area (TPSA) is 18.5 Å². The van der Waals surface area contributed by atoms with E-state index in [2.05, 4.69) is 6.58 Å². The largest absolute Gasteiger partial charge is 0.355 e. The summed E-state index contributed by atoms with van der Waals surface area (Å²) < 4.78 is 10.5. The van der Waals surface area contributed by atoms with Gasteiger partial charge < -0.3 is 9.47 Å². The van der Waals surface area contributed by atoms with E-state index in [-0.39, 0.29) is 6.29 Å². The normalized spacial score (nSPS) is 24.9. The number of methoxy groups -OCH3 is 2. The van der Waals surface area contributed by atoms with Crippen LogP contribution in [0, 0.1) is 5.92 Å². The Kier molecular flexibility index (Phi) is 3.76. The molecule has 0 amide bonds. The maximum absolute atomic E-state index is 5.23. The number of hydrogen-bond acceptors (Lipinski definition) is 2. The van der Waals surface area contributed by atoms with Crippen LogP contribution >= 0.6 is 0 Å². The second-order valence-electron chi connectivity index (χ2n) is 3.35. The average molecular weight is 170 g/mol. The minimum Gasteiger partial charge on any atom is -0.355 e. The molecule has 0 N–H and O–H groups in total. The van der Waals surface area contributed by atoms with Crippen molar-refractivity contribution in [1.82, 2.24) is 0 Å². The number of hydrogen-bond donors (Lipinski definition) is 0. The van der Waals surface area contributed by atoms with Crippen molar-refractivity contribution in [3.8, 4) is 0 Å². The van der Waals surface area contributed by atoms with Crippen LogP contribution in [0.4, 0.5) is 0 Å². The molecule has 1 fully saturated rings. The van der Waals surface area contributed by atoms with E-state index >= 15 is 0 Å². The molecule has 1 unspecified atom stereocenters. The summed E-state index contributed by atoms with van der Waals surface area (Å²) in [6.45, 7) is 4.05. The number of ether oxygens (including phenoxy) is 2. The van der Waals surface area contributed by atoms with Crippen LogP contribution in [-0.4, -0.2) is 20.5 Å². The van der Waals surface area contributed by atoms with Crippen molar-refractivity contribution in [2.75, 3.05) is 14.2 Å². The third-order valence-electron chi connectivity index (χ3n) is 2.58. The molecule has 2 nitrogen and oxygen atoms in total. The predicted molar refractivity (Wildman–Crippen MR) is 48.9 cm³/mol. The van der Waals surface area contributed by atoms with Gasteiger partial charge in [-0.25, -0.2) is 0 Å². The van der Waals surface area contributed by atoms with Crippen LogP contribution in [-0.2, 0) is 9.47 Å². The standard InChI is InChI=1S/C10H18O2/c1-8-6-4-5-7-9(8)10(11-2)12-3/h9-10H,1,4-7H2,2-3H3. The third kappa shape index (κ3) is 2.08. The Morgan fingerprint density at radius 3 is 2.50 bits per heavy atom. The lowest BCUT2D eigenvalue weighted by molar-refractivity contribution is -0.132. The summed E-state index contributed by atoms with van der Waals surface area (Å²) in [5, 5.41) is 0. The molecule has 0 saturated heterocycles. The van der Waals surface area contributed by atoms with Gasteiger partial charge in [0.05, 0.1) is 0 Å². The van der Waals surface area contributed by atoms with Crippen LogP contribution in [0.2, 0.25) is 0 Å². The van der Waals surface area contributed by atoms with Crippen molar-refractivity contribution in [2.24, 2.45) is 5.92 Å². The average Bonchev–Trinajstić information content (AvgIpc) is 2.10. The molecule has 0 spiro atoms. The van der Waals surface area contributed by atoms with Crippen molar-refractivity contribution in [3.63, 3.8) is 0 Å². The molecule has 1 aliphatic rings. The van der Waals surface area contributed by atoms with Gasteiger partial charge in [-0.05, 0) is 19.3 Å². The molecular formula is C10H18O2. The molecule has 0 heterocycles. The Balaban J connectivity index is 2.51. The summed E-state index contributed by atoms with van der Waals surface area (Å²) in [4.78, 5) is 0. The van der Waals surface area contributed by atoms with Crippen LogP contribution in [0.1, 0.15) is 25.7 Å². The van der Waals surface area contributed by atoms with E-state index in [1.807, 2.05) is 0 Å². The lowest BCUT2D eigenvalue weighted by Gasteiger charge is -2.29.